The van der Waals surface area contributed by atoms with Crippen molar-refractivity contribution in [2.75, 3.05) is 0 Å². The molecule has 3 rings (SSSR count). The van der Waals surface area contributed by atoms with E-state index in [1.165, 1.54) is 0 Å². The number of para-hydroxylation sites is 1. The molecule has 1 aliphatic heterocycles. The molecular weight excluding hydrogens is 250 g/mol. The van der Waals surface area contributed by atoms with Crippen LogP contribution in [0.15, 0.2) is 24.3 Å². The number of hydrogen-bond donors (Lipinski definition) is 1. The standard InChI is InChI=1S/C14H16ClNO2/c15-11-3-1-2-4-12(11)18-13-8-14(9-17)6-5-10(7-14)16-13/h1-4,9-10,13,16H,5-8H2. The Balaban J connectivity index is 1.75. The number of rotatable bonds is 3. The number of piperidine rings is 1. The average Bonchev–Trinajstić information content (AvgIpc) is 2.69. The number of ether oxygens (including phenoxy) is 1. The largest absolute Gasteiger partial charge is 0.474 e. The summed E-state index contributed by atoms with van der Waals surface area (Å²) in [5.74, 6) is 0.680. The highest BCUT2D eigenvalue weighted by atomic mass is 35.5. The van der Waals surface area contributed by atoms with Gasteiger partial charge in [-0.1, -0.05) is 23.7 Å². The molecule has 1 heterocycles. The molecule has 2 fully saturated rings. The van der Waals surface area contributed by atoms with E-state index in [0.717, 1.165) is 32.0 Å². The van der Waals surface area contributed by atoms with Crippen molar-refractivity contribution < 1.29 is 9.53 Å². The lowest BCUT2D eigenvalue weighted by Gasteiger charge is -2.35. The molecule has 2 aliphatic rings. The monoisotopic (exact) mass is 265 g/mol. The van der Waals surface area contributed by atoms with Crippen molar-refractivity contribution in [1.82, 2.24) is 5.32 Å². The lowest BCUT2D eigenvalue weighted by atomic mass is 9.81. The third-order valence-corrected chi connectivity index (χ3v) is 4.33. The fraction of sp³-hybridized carbons (Fsp3) is 0.500. The number of fused-ring (bicyclic) bond motifs is 2. The zero-order valence-electron chi connectivity index (χ0n) is 10.1. The van der Waals surface area contributed by atoms with Gasteiger partial charge in [-0.25, -0.2) is 0 Å². The van der Waals surface area contributed by atoms with Crippen LogP contribution in [0.4, 0.5) is 0 Å². The Kier molecular flexibility index (Phi) is 3.04. The molecule has 0 aromatic heterocycles. The van der Waals surface area contributed by atoms with Crippen LogP contribution in [0.2, 0.25) is 5.02 Å². The molecule has 0 amide bonds. The molecule has 1 N–H and O–H groups in total. The van der Waals surface area contributed by atoms with E-state index in [4.69, 9.17) is 16.3 Å². The Morgan fingerprint density at radius 2 is 2.22 bits per heavy atom. The van der Waals surface area contributed by atoms with Gasteiger partial charge in [-0.2, -0.15) is 0 Å². The third kappa shape index (κ3) is 2.13. The van der Waals surface area contributed by atoms with Crippen LogP contribution in [0.5, 0.6) is 5.75 Å². The van der Waals surface area contributed by atoms with Gasteiger partial charge in [0.25, 0.3) is 0 Å². The molecule has 2 bridgehead atoms. The highest BCUT2D eigenvalue weighted by Crippen LogP contribution is 2.44. The van der Waals surface area contributed by atoms with Crippen LogP contribution < -0.4 is 10.1 Å². The minimum Gasteiger partial charge on any atom is -0.474 e. The third-order valence-electron chi connectivity index (χ3n) is 4.01. The van der Waals surface area contributed by atoms with Gasteiger partial charge in [0, 0.05) is 17.9 Å². The van der Waals surface area contributed by atoms with Gasteiger partial charge in [0.1, 0.15) is 12.0 Å². The van der Waals surface area contributed by atoms with E-state index in [0.29, 0.717) is 16.8 Å². The van der Waals surface area contributed by atoms with E-state index < -0.39 is 0 Å². The van der Waals surface area contributed by atoms with E-state index in [1.54, 1.807) is 0 Å². The summed E-state index contributed by atoms with van der Waals surface area (Å²) in [5, 5.41) is 4.05. The van der Waals surface area contributed by atoms with Crippen LogP contribution >= 0.6 is 11.6 Å². The zero-order chi connectivity index (χ0) is 12.6. The minimum absolute atomic E-state index is 0.114. The second-order valence-electron chi connectivity index (χ2n) is 5.33. The van der Waals surface area contributed by atoms with Crippen molar-refractivity contribution in [3.63, 3.8) is 0 Å². The van der Waals surface area contributed by atoms with Gasteiger partial charge in [-0.3, -0.25) is 5.32 Å². The van der Waals surface area contributed by atoms with Crippen LogP contribution in [0.25, 0.3) is 0 Å². The lowest BCUT2D eigenvalue weighted by molar-refractivity contribution is -0.118. The number of nitrogens with one attached hydrogen (secondary N) is 1. The molecule has 0 radical (unpaired) electrons. The fourth-order valence-corrected chi connectivity index (χ4v) is 3.28. The van der Waals surface area contributed by atoms with Gasteiger partial charge in [0.15, 0.2) is 6.23 Å². The summed E-state index contributed by atoms with van der Waals surface area (Å²) in [5.41, 5.74) is -0.179. The number of halogens is 1. The SMILES string of the molecule is O=CC12CCC(C1)NC(Oc1ccccc1Cl)C2. The quantitative estimate of drug-likeness (QED) is 0.854. The molecule has 1 aromatic carbocycles. The summed E-state index contributed by atoms with van der Waals surface area (Å²) >= 11 is 6.08. The molecule has 1 aliphatic carbocycles. The molecular formula is C14H16ClNO2. The van der Waals surface area contributed by atoms with Crippen LogP contribution in [0.1, 0.15) is 25.7 Å². The summed E-state index contributed by atoms with van der Waals surface area (Å²) in [6.45, 7) is 0. The summed E-state index contributed by atoms with van der Waals surface area (Å²) in [7, 11) is 0. The first-order chi connectivity index (χ1) is 8.71. The second kappa shape index (κ2) is 4.56. The minimum atomic E-state index is -0.179. The first-order valence-corrected chi connectivity index (χ1v) is 6.72. The Hall–Kier alpha value is -1.06. The van der Waals surface area contributed by atoms with Gasteiger partial charge in [-0.15, -0.1) is 0 Å². The van der Waals surface area contributed by atoms with Crippen LogP contribution in [0.3, 0.4) is 0 Å². The molecule has 96 valence electrons. The number of aldehydes is 1. The first kappa shape index (κ1) is 12.0. The van der Waals surface area contributed by atoms with Crippen LogP contribution in [-0.2, 0) is 4.79 Å². The molecule has 1 aromatic rings. The zero-order valence-corrected chi connectivity index (χ0v) is 10.8. The van der Waals surface area contributed by atoms with E-state index in [2.05, 4.69) is 5.32 Å². The first-order valence-electron chi connectivity index (χ1n) is 6.34. The Morgan fingerprint density at radius 1 is 1.39 bits per heavy atom. The summed E-state index contributed by atoms with van der Waals surface area (Å²) in [4.78, 5) is 11.3. The maximum atomic E-state index is 11.3. The summed E-state index contributed by atoms with van der Waals surface area (Å²) in [6, 6.07) is 7.84. The predicted octanol–water partition coefficient (Wildman–Crippen LogP) is 2.78. The number of benzene rings is 1. The maximum Gasteiger partial charge on any atom is 0.151 e. The summed E-state index contributed by atoms with van der Waals surface area (Å²) < 4.78 is 5.89. The van der Waals surface area contributed by atoms with Crippen molar-refractivity contribution in [2.45, 2.75) is 38.0 Å². The van der Waals surface area contributed by atoms with Gasteiger partial charge in [0.2, 0.25) is 0 Å². The highest BCUT2D eigenvalue weighted by Gasteiger charge is 2.46. The average molecular weight is 266 g/mol. The predicted molar refractivity (Wildman–Crippen MR) is 69.8 cm³/mol. The van der Waals surface area contributed by atoms with E-state index in [1.807, 2.05) is 24.3 Å². The Morgan fingerprint density at radius 3 is 3.00 bits per heavy atom. The Bertz CT molecular complexity index is 465. The molecule has 1 saturated heterocycles. The van der Waals surface area contributed by atoms with E-state index in [-0.39, 0.29) is 11.6 Å². The van der Waals surface area contributed by atoms with Crippen LogP contribution in [0, 0.1) is 5.41 Å². The normalized spacial score (nSPS) is 34.3. The lowest BCUT2D eigenvalue weighted by Crippen LogP contribution is -2.48. The molecule has 0 spiro atoms. The molecule has 18 heavy (non-hydrogen) atoms. The second-order valence-corrected chi connectivity index (χ2v) is 5.73. The topological polar surface area (TPSA) is 38.3 Å². The van der Waals surface area contributed by atoms with Crippen molar-refractivity contribution in [1.29, 1.82) is 0 Å². The van der Waals surface area contributed by atoms with Crippen molar-refractivity contribution in [2.24, 2.45) is 5.41 Å². The highest BCUT2D eigenvalue weighted by molar-refractivity contribution is 6.32. The molecule has 3 atom stereocenters. The summed E-state index contributed by atoms with van der Waals surface area (Å²) in [6.07, 6.45) is 4.71. The van der Waals surface area contributed by atoms with E-state index in [9.17, 15) is 4.79 Å². The van der Waals surface area contributed by atoms with Crippen molar-refractivity contribution in [3.05, 3.63) is 29.3 Å². The molecule has 4 heteroatoms. The molecule has 3 unspecified atom stereocenters. The number of carbonyl (C=O) groups excluding carboxylic acids is 1. The Labute approximate surface area is 111 Å². The van der Waals surface area contributed by atoms with E-state index >= 15 is 0 Å². The number of carbonyl (C=O) groups is 1. The smallest absolute Gasteiger partial charge is 0.151 e. The number of hydrogen-bond acceptors (Lipinski definition) is 3. The maximum absolute atomic E-state index is 11.3. The van der Waals surface area contributed by atoms with Crippen molar-refractivity contribution in [3.8, 4) is 5.75 Å². The van der Waals surface area contributed by atoms with Crippen LogP contribution in [-0.4, -0.2) is 18.6 Å². The molecule has 1 saturated carbocycles. The van der Waals surface area contributed by atoms with Gasteiger partial charge in [-0.05, 0) is 31.4 Å². The van der Waals surface area contributed by atoms with Gasteiger partial charge < -0.3 is 9.53 Å². The fourth-order valence-electron chi connectivity index (χ4n) is 3.10. The van der Waals surface area contributed by atoms with Crippen molar-refractivity contribution >= 4 is 17.9 Å². The van der Waals surface area contributed by atoms with Gasteiger partial charge >= 0.3 is 0 Å². The van der Waals surface area contributed by atoms with Gasteiger partial charge in [0.05, 0.1) is 5.02 Å². The molecule has 3 nitrogen and oxygen atoms in total.